The standard InChI is InChI=1S/C16H24N2/c1-13(2)17-10-14(3)11-18-9-8-15-6-4-5-7-16(15)12-18/h4-7,14,17H,1,8-12H2,2-3H3. The summed E-state index contributed by atoms with van der Waals surface area (Å²) >= 11 is 0. The van der Waals surface area contributed by atoms with Crippen LogP contribution in [0.2, 0.25) is 0 Å². The van der Waals surface area contributed by atoms with Crippen LogP contribution in [0.3, 0.4) is 0 Å². The number of hydrogen-bond acceptors (Lipinski definition) is 2. The van der Waals surface area contributed by atoms with Crippen LogP contribution in [0, 0.1) is 5.92 Å². The van der Waals surface area contributed by atoms with Gasteiger partial charge in [-0.1, -0.05) is 37.8 Å². The van der Waals surface area contributed by atoms with Crippen LogP contribution in [0.5, 0.6) is 0 Å². The van der Waals surface area contributed by atoms with E-state index in [1.54, 1.807) is 0 Å². The van der Waals surface area contributed by atoms with Crippen LogP contribution >= 0.6 is 0 Å². The molecular weight excluding hydrogens is 220 g/mol. The van der Waals surface area contributed by atoms with E-state index < -0.39 is 0 Å². The van der Waals surface area contributed by atoms with E-state index in [1.165, 1.54) is 24.1 Å². The van der Waals surface area contributed by atoms with Crippen LogP contribution in [0.4, 0.5) is 0 Å². The minimum Gasteiger partial charge on any atom is -0.389 e. The van der Waals surface area contributed by atoms with Gasteiger partial charge in [0, 0.05) is 31.9 Å². The maximum Gasteiger partial charge on any atom is 0.0236 e. The quantitative estimate of drug-likeness (QED) is 0.857. The fourth-order valence-electron chi connectivity index (χ4n) is 2.56. The van der Waals surface area contributed by atoms with Gasteiger partial charge >= 0.3 is 0 Å². The molecule has 1 atom stereocenters. The van der Waals surface area contributed by atoms with Gasteiger partial charge in [-0.3, -0.25) is 4.90 Å². The minimum absolute atomic E-state index is 0.659. The van der Waals surface area contributed by atoms with Gasteiger partial charge in [-0.05, 0) is 30.4 Å². The lowest BCUT2D eigenvalue weighted by atomic mass is 9.99. The van der Waals surface area contributed by atoms with E-state index in [0.717, 1.165) is 25.3 Å². The molecule has 0 aromatic heterocycles. The van der Waals surface area contributed by atoms with Gasteiger partial charge in [0.05, 0.1) is 0 Å². The Morgan fingerprint density at radius 3 is 2.83 bits per heavy atom. The zero-order chi connectivity index (χ0) is 13.0. The van der Waals surface area contributed by atoms with Gasteiger partial charge in [-0.2, -0.15) is 0 Å². The fourth-order valence-corrected chi connectivity index (χ4v) is 2.56. The predicted octanol–water partition coefficient (Wildman–Crippen LogP) is 2.80. The Morgan fingerprint density at radius 2 is 2.11 bits per heavy atom. The average molecular weight is 244 g/mol. The molecule has 0 radical (unpaired) electrons. The van der Waals surface area contributed by atoms with E-state index >= 15 is 0 Å². The maximum atomic E-state index is 3.88. The van der Waals surface area contributed by atoms with Gasteiger partial charge in [-0.25, -0.2) is 0 Å². The molecule has 0 bridgehead atoms. The summed E-state index contributed by atoms with van der Waals surface area (Å²) in [5, 5.41) is 3.33. The molecule has 2 nitrogen and oxygen atoms in total. The van der Waals surface area contributed by atoms with Gasteiger partial charge in [0.25, 0.3) is 0 Å². The second-order valence-corrected chi connectivity index (χ2v) is 5.52. The van der Waals surface area contributed by atoms with Crippen molar-refractivity contribution >= 4 is 0 Å². The van der Waals surface area contributed by atoms with Crippen LogP contribution in [0.25, 0.3) is 0 Å². The number of nitrogens with one attached hydrogen (secondary N) is 1. The molecule has 1 heterocycles. The highest BCUT2D eigenvalue weighted by Gasteiger charge is 2.17. The molecule has 18 heavy (non-hydrogen) atoms. The summed E-state index contributed by atoms with van der Waals surface area (Å²) in [4.78, 5) is 2.56. The SMILES string of the molecule is C=C(C)NCC(C)CN1CCc2ccccc2C1. The van der Waals surface area contributed by atoms with Crippen molar-refractivity contribution in [3.05, 3.63) is 47.7 Å². The van der Waals surface area contributed by atoms with Crippen molar-refractivity contribution in [2.45, 2.75) is 26.8 Å². The minimum atomic E-state index is 0.659. The van der Waals surface area contributed by atoms with E-state index in [4.69, 9.17) is 0 Å². The highest BCUT2D eigenvalue weighted by Crippen LogP contribution is 2.19. The third-order valence-corrected chi connectivity index (χ3v) is 3.53. The Kier molecular flexibility index (Phi) is 4.43. The number of fused-ring (bicyclic) bond motifs is 1. The first kappa shape index (κ1) is 13.2. The number of hydrogen-bond donors (Lipinski definition) is 1. The number of allylic oxidation sites excluding steroid dienone is 1. The fraction of sp³-hybridized carbons (Fsp3) is 0.500. The first-order chi connectivity index (χ1) is 8.65. The maximum absolute atomic E-state index is 3.88. The average Bonchev–Trinajstić information content (AvgIpc) is 2.36. The van der Waals surface area contributed by atoms with Gasteiger partial charge < -0.3 is 5.32 Å². The molecule has 0 saturated heterocycles. The predicted molar refractivity (Wildman–Crippen MR) is 77.4 cm³/mol. The van der Waals surface area contributed by atoms with Crippen molar-refractivity contribution in [3.63, 3.8) is 0 Å². The van der Waals surface area contributed by atoms with E-state index in [1.807, 2.05) is 6.92 Å². The van der Waals surface area contributed by atoms with Crippen molar-refractivity contribution in [1.29, 1.82) is 0 Å². The van der Waals surface area contributed by atoms with Gasteiger partial charge in [0.1, 0.15) is 0 Å². The van der Waals surface area contributed by atoms with Gasteiger partial charge in [-0.15, -0.1) is 0 Å². The zero-order valence-corrected chi connectivity index (χ0v) is 11.6. The van der Waals surface area contributed by atoms with Gasteiger partial charge in [0.15, 0.2) is 0 Å². The topological polar surface area (TPSA) is 15.3 Å². The van der Waals surface area contributed by atoms with Crippen LogP contribution in [0.1, 0.15) is 25.0 Å². The van der Waals surface area contributed by atoms with Crippen molar-refractivity contribution in [2.24, 2.45) is 5.92 Å². The number of nitrogens with zero attached hydrogens (tertiary/aromatic N) is 1. The largest absolute Gasteiger partial charge is 0.389 e. The normalized spacial score (nSPS) is 17.0. The molecule has 1 aliphatic rings. The lowest BCUT2D eigenvalue weighted by molar-refractivity contribution is 0.219. The molecule has 1 unspecified atom stereocenters. The lowest BCUT2D eigenvalue weighted by Gasteiger charge is -2.31. The first-order valence-electron chi connectivity index (χ1n) is 6.83. The van der Waals surface area contributed by atoms with Gasteiger partial charge in [0.2, 0.25) is 0 Å². The van der Waals surface area contributed by atoms with Crippen LogP contribution in [-0.4, -0.2) is 24.5 Å². The van der Waals surface area contributed by atoms with Crippen LogP contribution < -0.4 is 5.32 Å². The first-order valence-corrected chi connectivity index (χ1v) is 6.83. The second-order valence-electron chi connectivity index (χ2n) is 5.52. The number of benzene rings is 1. The molecule has 2 heteroatoms. The molecule has 2 rings (SSSR count). The van der Waals surface area contributed by atoms with Crippen molar-refractivity contribution in [1.82, 2.24) is 10.2 Å². The van der Waals surface area contributed by atoms with Crippen molar-refractivity contribution in [3.8, 4) is 0 Å². The molecule has 1 aromatic rings. The highest BCUT2D eigenvalue weighted by atomic mass is 15.1. The van der Waals surface area contributed by atoms with E-state index in [9.17, 15) is 0 Å². The summed E-state index contributed by atoms with van der Waals surface area (Å²) in [5.41, 5.74) is 4.09. The summed E-state index contributed by atoms with van der Waals surface area (Å²) in [6.07, 6.45) is 1.19. The van der Waals surface area contributed by atoms with Crippen molar-refractivity contribution in [2.75, 3.05) is 19.6 Å². The van der Waals surface area contributed by atoms with E-state index in [0.29, 0.717) is 5.92 Å². The molecule has 1 aliphatic heterocycles. The Morgan fingerprint density at radius 1 is 1.39 bits per heavy atom. The molecule has 98 valence electrons. The Hall–Kier alpha value is -1.28. The molecule has 1 N–H and O–H groups in total. The Labute approximate surface area is 111 Å². The molecule has 1 aromatic carbocycles. The lowest BCUT2D eigenvalue weighted by Crippen LogP contribution is -2.36. The van der Waals surface area contributed by atoms with E-state index in [2.05, 4.69) is 48.0 Å². The third-order valence-electron chi connectivity index (χ3n) is 3.53. The van der Waals surface area contributed by atoms with Crippen LogP contribution in [-0.2, 0) is 13.0 Å². The van der Waals surface area contributed by atoms with Crippen LogP contribution in [0.15, 0.2) is 36.5 Å². The Bertz CT molecular complexity index is 411. The zero-order valence-electron chi connectivity index (χ0n) is 11.6. The Balaban J connectivity index is 1.84. The smallest absolute Gasteiger partial charge is 0.0236 e. The summed E-state index contributed by atoms with van der Waals surface area (Å²) in [7, 11) is 0. The second kappa shape index (κ2) is 6.05. The molecule has 0 amide bonds. The van der Waals surface area contributed by atoms with Crippen molar-refractivity contribution < 1.29 is 0 Å². The molecule has 0 saturated carbocycles. The molecule has 0 aliphatic carbocycles. The third kappa shape index (κ3) is 3.61. The molecule has 0 fully saturated rings. The summed E-state index contributed by atoms with van der Waals surface area (Å²) in [5.74, 6) is 0.659. The molecular formula is C16H24N2. The van der Waals surface area contributed by atoms with E-state index in [-0.39, 0.29) is 0 Å². The highest BCUT2D eigenvalue weighted by molar-refractivity contribution is 5.29. The molecule has 0 spiro atoms. The number of rotatable bonds is 5. The summed E-state index contributed by atoms with van der Waals surface area (Å²) in [6, 6.07) is 8.82. The summed E-state index contributed by atoms with van der Waals surface area (Å²) < 4.78 is 0. The summed E-state index contributed by atoms with van der Waals surface area (Å²) in [6.45, 7) is 12.7. The monoisotopic (exact) mass is 244 g/mol.